The van der Waals surface area contributed by atoms with Gasteiger partial charge < -0.3 is 15.0 Å². The van der Waals surface area contributed by atoms with E-state index < -0.39 is 5.92 Å². The Labute approximate surface area is 195 Å². The van der Waals surface area contributed by atoms with Crippen LogP contribution in [0.5, 0.6) is 5.75 Å². The molecule has 1 atom stereocenters. The second-order valence-electron chi connectivity index (χ2n) is 7.64. The molecule has 2 aliphatic heterocycles. The molecule has 2 aromatic rings. The van der Waals surface area contributed by atoms with Crippen molar-refractivity contribution in [3.8, 4) is 5.75 Å². The minimum Gasteiger partial charge on any atom is -0.497 e. The smallest absolute Gasteiger partial charge is 0.293 e. The Morgan fingerprint density at radius 1 is 1.12 bits per heavy atom. The van der Waals surface area contributed by atoms with Crippen molar-refractivity contribution in [1.29, 1.82) is 0 Å². The lowest BCUT2D eigenvalue weighted by atomic mass is 10.1. The van der Waals surface area contributed by atoms with Gasteiger partial charge in [0.1, 0.15) is 5.75 Å². The van der Waals surface area contributed by atoms with Crippen molar-refractivity contribution in [2.24, 2.45) is 5.92 Å². The molecule has 4 amide bonds. The Bertz CT molecular complexity index is 1100. The van der Waals surface area contributed by atoms with E-state index in [1.165, 1.54) is 0 Å². The summed E-state index contributed by atoms with van der Waals surface area (Å²) in [5.74, 6) is -0.519. The van der Waals surface area contributed by atoms with Crippen molar-refractivity contribution >= 4 is 46.5 Å². The van der Waals surface area contributed by atoms with Crippen molar-refractivity contribution < 1.29 is 23.9 Å². The maximum absolute atomic E-state index is 12.6. The number of rotatable bonds is 7. The van der Waals surface area contributed by atoms with Gasteiger partial charge >= 0.3 is 0 Å². The predicted molar refractivity (Wildman–Crippen MR) is 126 cm³/mol. The molecule has 0 bridgehead atoms. The lowest BCUT2D eigenvalue weighted by Gasteiger charge is -2.17. The van der Waals surface area contributed by atoms with Crippen LogP contribution >= 0.6 is 11.8 Å². The van der Waals surface area contributed by atoms with E-state index >= 15 is 0 Å². The summed E-state index contributed by atoms with van der Waals surface area (Å²) in [6, 6.07) is 16.4. The third-order valence-corrected chi connectivity index (χ3v) is 6.39. The molecular formula is C24H23N3O5S. The number of methoxy groups -OCH3 is 1. The van der Waals surface area contributed by atoms with E-state index in [1.54, 1.807) is 42.4 Å². The van der Waals surface area contributed by atoms with Crippen LogP contribution in [0.3, 0.4) is 0 Å². The van der Waals surface area contributed by atoms with E-state index in [-0.39, 0.29) is 42.5 Å². The highest BCUT2D eigenvalue weighted by Gasteiger charge is 2.36. The van der Waals surface area contributed by atoms with Crippen LogP contribution in [0.2, 0.25) is 0 Å². The predicted octanol–water partition coefficient (Wildman–Crippen LogP) is 2.90. The number of carbonyl (C=O) groups excluding carboxylic acids is 4. The Hall–Kier alpha value is -3.59. The number of amides is 4. The molecule has 0 spiro atoms. The number of carbonyl (C=O) groups is 4. The van der Waals surface area contributed by atoms with Gasteiger partial charge in [-0.1, -0.05) is 30.3 Å². The molecule has 0 radical (unpaired) electrons. The van der Waals surface area contributed by atoms with Crippen molar-refractivity contribution in [2.75, 3.05) is 31.6 Å². The summed E-state index contributed by atoms with van der Waals surface area (Å²) in [7, 11) is 1.57. The van der Waals surface area contributed by atoms with E-state index in [9.17, 15) is 19.2 Å². The highest BCUT2D eigenvalue weighted by atomic mass is 32.2. The molecule has 8 nitrogen and oxygen atoms in total. The van der Waals surface area contributed by atoms with Crippen LogP contribution in [0.25, 0.3) is 6.08 Å². The van der Waals surface area contributed by atoms with Gasteiger partial charge in [-0.2, -0.15) is 0 Å². The first-order valence-electron chi connectivity index (χ1n) is 10.5. The Morgan fingerprint density at radius 2 is 1.85 bits per heavy atom. The minimum absolute atomic E-state index is 0.0689. The number of nitrogens with one attached hydrogen (secondary N) is 1. The molecule has 9 heteroatoms. The van der Waals surface area contributed by atoms with E-state index in [4.69, 9.17) is 4.74 Å². The number of benzene rings is 2. The number of imide groups is 1. The molecule has 2 aliphatic rings. The first-order valence-corrected chi connectivity index (χ1v) is 11.3. The molecule has 33 heavy (non-hydrogen) atoms. The van der Waals surface area contributed by atoms with Crippen molar-refractivity contribution in [3.63, 3.8) is 0 Å². The molecule has 1 N–H and O–H groups in total. The second-order valence-corrected chi connectivity index (χ2v) is 8.63. The fraction of sp³-hybridized carbons (Fsp3) is 0.250. The van der Waals surface area contributed by atoms with Gasteiger partial charge in [0.2, 0.25) is 11.8 Å². The molecule has 0 saturated carbocycles. The highest BCUT2D eigenvalue weighted by molar-refractivity contribution is 8.18. The molecule has 1 unspecified atom stereocenters. The van der Waals surface area contributed by atoms with Crippen LogP contribution in [0.4, 0.5) is 10.5 Å². The van der Waals surface area contributed by atoms with Crippen LogP contribution in [0.1, 0.15) is 12.0 Å². The zero-order valence-electron chi connectivity index (χ0n) is 18.0. The quantitative estimate of drug-likeness (QED) is 0.632. The maximum Gasteiger partial charge on any atom is 0.293 e. The summed E-state index contributed by atoms with van der Waals surface area (Å²) >= 11 is 0.872. The summed E-state index contributed by atoms with van der Waals surface area (Å²) < 4.78 is 5.12. The van der Waals surface area contributed by atoms with Crippen molar-refractivity contribution in [3.05, 3.63) is 65.1 Å². The monoisotopic (exact) mass is 465 g/mol. The molecule has 0 aliphatic carbocycles. The van der Waals surface area contributed by atoms with Gasteiger partial charge in [0, 0.05) is 31.7 Å². The zero-order chi connectivity index (χ0) is 23.4. The van der Waals surface area contributed by atoms with Crippen molar-refractivity contribution in [1.82, 2.24) is 10.2 Å². The summed E-state index contributed by atoms with van der Waals surface area (Å²) in [4.78, 5) is 52.9. The number of anilines is 1. The van der Waals surface area contributed by atoms with Gasteiger partial charge in [-0.05, 0) is 47.7 Å². The first kappa shape index (κ1) is 22.6. The summed E-state index contributed by atoms with van der Waals surface area (Å²) in [6.07, 6.45) is 1.79. The van der Waals surface area contributed by atoms with Crippen LogP contribution in [-0.4, -0.2) is 54.6 Å². The van der Waals surface area contributed by atoms with E-state index in [2.05, 4.69) is 5.32 Å². The van der Waals surface area contributed by atoms with Crippen LogP contribution in [-0.2, 0) is 14.4 Å². The Kier molecular flexibility index (Phi) is 6.79. The molecule has 4 rings (SSSR count). The topological polar surface area (TPSA) is 96.0 Å². The van der Waals surface area contributed by atoms with Crippen LogP contribution < -0.4 is 15.0 Å². The van der Waals surface area contributed by atoms with Gasteiger partial charge in [0.25, 0.3) is 11.1 Å². The van der Waals surface area contributed by atoms with Gasteiger partial charge in [0.15, 0.2) is 0 Å². The van der Waals surface area contributed by atoms with Gasteiger partial charge in [0.05, 0.1) is 17.9 Å². The van der Waals surface area contributed by atoms with Crippen LogP contribution in [0.15, 0.2) is 59.5 Å². The molecule has 170 valence electrons. The average molecular weight is 466 g/mol. The zero-order valence-corrected chi connectivity index (χ0v) is 18.8. The molecular weight excluding hydrogens is 442 g/mol. The molecule has 0 aromatic heterocycles. The maximum atomic E-state index is 12.6. The molecule has 2 saturated heterocycles. The number of thioether (sulfide) groups is 1. The molecule has 2 fully saturated rings. The SMILES string of the molecule is COc1ccc(/C=C2/SC(=O)N(CCNC(=O)C3CC(=O)N(c4ccccc4)C3)C2=O)cc1. The number of para-hydroxylation sites is 1. The van der Waals surface area contributed by atoms with E-state index in [0.717, 1.165) is 27.9 Å². The minimum atomic E-state index is -0.470. The van der Waals surface area contributed by atoms with Gasteiger partial charge in [-0.3, -0.25) is 24.1 Å². The second kappa shape index (κ2) is 9.91. The number of nitrogens with zero attached hydrogens (tertiary/aromatic N) is 2. The van der Waals surface area contributed by atoms with Crippen molar-refractivity contribution in [2.45, 2.75) is 6.42 Å². The van der Waals surface area contributed by atoms with E-state index in [1.807, 2.05) is 30.3 Å². The number of ether oxygens (including phenoxy) is 1. The summed E-state index contributed by atoms with van der Waals surface area (Å²) in [5.41, 5.74) is 1.54. The Balaban J connectivity index is 1.30. The van der Waals surface area contributed by atoms with Gasteiger partial charge in [-0.25, -0.2) is 0 Å². The number of hydrogen-bond donors (Lipinski definition) is 1. The summed E-state index contributed by atoms with van der Waals surface area (Å²) in [5, 5.41) is 2.38. The fourth-order valence-electron chi connectivity index (χ4n) is 3.72. The third-order valence-electron chi connectivity index (χ3n) is 5.49. The average Bonchev–Trinajstić information content (AvgIpc) is 3.34. The van der Waals surface area contributed by atoms with E-state index in [0.29, 0.717) is 17.2 Å². The van der Waals surface area contributed by atoms with Crippen LogP contribution in [0, 0.1) is 5.92 Å². The van der Waals surface area contributed by atoms with Gasteiger partial charge in [-0.15, -0.1) is 0 Å². The third kappa shape index (κ3) is 5.09. The fourth-order valence-corrected chi connectivity index (χ4v) is 4.59. The lowest BCUT2D eigenvalue weighted by molar-refractivity contribution is -0.127. The Morgan fingerprint density at radius 3 is 2.55 bits per heavy atom. The number of hydrogen-bond acceptors (Lipinski definition) is 6. The largest absolute Gasteiger partial charge is 0.497 e. The molecule has 2 aromatic carbocycles. The first-order chi connectivity index (χ1) is 16.0. The molecule has 2 heterocycles. The lowest BCUT2D eigenvalue weighted by Crippen LogP contribution is -2.40. The standard InChI is InChI=1S/C24H23N3O5S/c1-32-19-9-7-16(8-10-19)13-20-23(30)26(24(31)33-20)12-11-25-22(29)17-14-21(28)27(15-17)18-5-3-2-4-6-18/h2-10,13,17H,11-12,14-15H2,1H3,(H,25,29)/b20-13+. The normalized spacial score (nSPS) is 19.5. The summed E-state index contributed by atoms with van der Waals surface area (Å²) in [6.45, 7) is 0.503. The highest BCUT2D eigenvalue weighted by Crippen LogP contribution is 2.32.